The number of amides is 1. The Labute approximate surface area is 115 Å². The molecule has 1 fully saturated rings. The molecule has 1 amide bonds. The fourth-order valence-electron chi connectivity index (χ4n) is 2.59. The van der Waals surface area contributed by atoms with Crippen molar-refractivity contribution >= 4 is 11.9 Å². The topological polar surface area (TPSA) is 60.9 Å². The fourth-order valence-corrected chi connectivity index (χ4v) is 2.59. The Kier molecular flexibility index (Phi) is 6.84. The normalized spacial score (nSPS) is 20.2. The van der Waals surface area contributed by atoms with E-state index in [1.54, 1.807) is 0 Å². The van der Waals surface area contributed by atoms with Gasteiger partial charge >= 0.3 is 5.97 Å². The highest BCUT2D eigenvalue weighted by molar-refractivity contribution is 5.78. The van der Waals surface area contributed by atoms with Crippen LogP contribution in [0.5, 0.6) is 0 Å². The largest absolute Gasteiger partial charge is 0.481 e. The number of hydrogen-bond acceptors (Lipinski definition) is 3. The van der Waals surface area contributed by atoms with Gasteiger partial charge in [0.15, 0.2) is 0 Å². The van der Waals surface area contributed by atoms with E-state index in [0.29, 0.717) is 13.1 Å². The maximum atomic E-state index is 12.2. The molecule has 110 valence electrons. The quantitative estimate of drug-likeness (QED) is 0.760. The summed E-state index contributed by atoms with van der Waals surface area (Å²) in [5.74, 6) is -0.918. The van der Waals surface area contributed by atoms with E-state index in [-0.39, 0.29) is 11.8 Å². The maximum absolute atomic E-state index is 12.2. The standard InChI is InChI=1S/C14H26N2O3/c1-3-7-16(8-4-2)13(17)11-15-9-5-6-12(10-15)14(18)19/h12H,3-11H2,1-2H3,(H,18,19). The second-order valence-corrected chi connectivity index (χ2v) is 5.29. The van der Waals surface area contributed by atoms with Crippen molar-refractivity contribution in [2.24, 2.45) is 5.92 Å². The minimum absolute atomic E-state index is 0.134. The molecule has 0 radical (unpaired) electrons. The number of carboxylic acid groups (broad SMARTS) is 1. The molecular formula is C14H26N2O3. The number of rotatable bonds is 7. The SMILES string of the molecule is CCCN(CCC)C(=O)CN1CCCC(C(=O)O)C1. The fraction of sp³-hybridized carbons (Fsp3) is 0.857. The van der Waals surface area contributed by atoms with Gasteiger partial charge in [-0.05, 0) is 32.2 Å². The van der Waals surface area contributed by atoms with Crippen LogP contribution in [0.15, 0.2) is 0 Å². The number of hydrogen-bond donors (Lipinski definition) is 1. The second kappa shape index (κ2) is 8.15. The van der Waals surface area contributed by atoms with Gasteiger partial charge < -0.3 is 10.0 Å². The summed E-state index contributed by atoms with van der Waals surface area (Å²) in [4.78, 5) is 27.1. The number of carboxylic acids is 1. The average molecular weight is 270 g/mol. The molecule has 5 heteroatoms. The van der Waals surface area contributed by atoms with Crippen molar-refractivity contribution in [3.05, 3.63) is 0 Å². The van der Waals surface area contributed by atoms with E-state index in [4.69, 9.17) is 5.11 Å². The van der Waals surface area contributed by atoms with Crippen LogP contribution in [-0.4, -0.2) is 59.5 Å². The third-order valence-corrected chi connectivity index (χ3v) is 3.55. The Bertz CT molecular complexity index is 301. The smallest absolute Gasteiger partial charge is 0.307 e. The van der Waals surface area contributed by atoms with Crippen LogP contribution in [0.2, 0.25) is 0 Å². The van der Waals surface area contributed by atoms with Crippen molar-refractivity contribution < 1.29 is 14.7 Å². The zero-order valence-electron chi connectivity index (χ0n) is 12.1. The zero-order chi connectivity index (χ0) is 14.3. The summed E-state index contributed by atoms with van der Waals surface area (Å²) in [7, 11) is 0. The lowest BCUT2D eigenvalue weighted by molar-refractivity contribution is -0.145. The van der Waals surface area contributed by atoms with Gasteiger partial charge in [0, 0.05) is 19.6 Å². The van der Waals surface area contributed by atoms with Crippen molar-refractivity contribution in [1.29, 1.82) is 0 Å². The molecular weight excluding hydrogens is 244 g/mol. The monoisotopic (exact) mass is 270 g/mol. The van der Waals surface area contributed by atoms with Crippen LogP contribution in [0.25, 0.3) is 0 Å². The molecule has 0 spiro atoms. The van der Waals surface area contributed by atoms with Crippen molar-refractivity contribution in [2.45, 2.75) is 39.5 Å². The highest BCUT2D eigenvalue weighted by Crippen LogP contribution is 2.16. The Hall–Kier alpha value is -1.10. The summed E-state index contributed by atoms with van der Waals surface area (Å²) in [6.45, 7) is 7.43. The molecule has 1 atom stereocenters. The van der Waals surface area contributed by atoms with Gasteiger partial charge in [-0.2, -0.15) is 0 Å². The molecule has 0 aliphatic carbocycles. The van der Waals surface area contributed by atoms with Gasteiger partial charge in [0.05, 0.1) is 12.5 Å². The van der Waals surface area contributed by atoms with Crippen LogP contribution in [0, 0.1) is 5.92 Å². The lowest BCUT2D eigenvalue weighted by atomic mass is 9.98. The molecule has 0 aromatic rings. The van der Waals surface area contributed by atoms with Crippen LogP contribution in [0.1, 0.15) is 39.5 Å². The summed E-state index contributed by atoms with van der Waals surface area (Å²) in [5.41, 5.74) is 0. The molecule has 1 saturated heterocycles. The second-order valence-electron chi connectivity index (χ2n) is 5.29. The Morgan fingerprint density at radius 1 is 1.26 bits per heavy atom. The number of aliphatic carboxylic acids is 1. The van der Waals surface area contributed by atoms with Crippen molar-refractivity contribution in [2.75, 3.05) is 32.7 Å². The highest BCUT2D eigenvalue weighted by Gasteiger charge is 2.27. The van der Waals surface area contributed by atoms with Crippen LogP contribution >= 0.6 is 0 Å². The van der Waals surface area contributed by atoms with Crippen LogP contribution in [0.3, 0.4) is 0 Å². The van der Waals surface area contributed by atoms with Crippen LogP contribution in [-0.2, 0) is 9.59 Å². The molecule has 1 aliphatic heterocycles. The van der Waals surface area contributed by atoms with E-state index in [9.17, 15) is 9.59 Å². The van der Waals surface area contributed by atoms with Gasteiger partial charge in [0.1, 0.15) is 0 Å². The molecule has 1 unspecified atom stereocenters. The number of carbonyl (C=O) groups excluding carboxylic acids is 1. The zero-order valence-corrected chi connectivity index (χ0v) is 12.1. The molecule has 1 N–H and O–H groups in total. The molecule has 0 aromatic carbocycles. The highest BCUT2D eigenvalue weighted by atomic mass is 16.4. The van der Waals surface area contributed by atoms with Gasteiger partial charge in [-0.3, -0.25) is 14.5 Å². The van der Waals surface area contributed by atoms with Gasteiger partial charge in [-0.15, -0.1) is 0 Å². The number of nitrogens with zero attached hydrogens (tertiary/aromatic N) is 2. The molecule has 0 bridgehead atoms. The van der Waals surface area contributed by atoms with Crippen molar-refractivity contribution in [1.82, 2.24) is 9.80 Å². The molecule has 1 rings (SSSR count). The Morgan fingerprint density at radius 3 is 2.42 bits per heavy atom. The first-order valence-corrected chi connectivity index (χ1v) is 7.31. The van der Waals surface area contributed by atoms with Crippen LogP contribution in [0.4, 0.5) is 0 Å². The average Bonchev–Trinajstić information content (AvgIpc) is 2.38. The third-order valence-electron chi connectivity index (χ3n) is 3.55. The summed E-state index contributed by atoms with van der Waals surface area (Å²) in [5, 5.41) is 9.05. The summed E-state index contributed by atoms with van der Waals surface area (Å²) >= 11 is 0. The first-order valence-electron chi connectivity index (χ1n) is 7.31. The van der Waals surface area contributed by atoms with E-state index >= 15 is 0 Å². The van der Waals surface area contributed by atoms with Gasteiger partial charge in [0.2, 0.25) is 5.91 Å². The van der Waals surface area contributed by atoms with Crippen LogP contribution < -0.4 is 0 Å². The minimum atomic E-state index is -0.740. The maximum Gasteiger partial charge on any atom is 0.307 e. The minimum Gasteiger partial charge on any atom is -0.481 e. The van der Waals surface area contributed by atoms with E-state index in [1.165, 1.54) is 0 Å². The van der Waals surface area contributed by atoms with E-state index < -0.39 is 5.97 Å². The predicted molar refractivity (Wildman–Crippen MR) is 74.0 cm³/mol. The van der Waals surface area contributed by atoms with Gasteiger partial charge in [-0.25, -0.2) is 0 Å². The molecule has 0 saturated carbocycles. The lowest BCUT2D eigenvalue weighted by Crippen LogP contribution is -2.46. The molecule has 19 heavy (non-hydrogen) atoms. The Balaban J connectivity index is 2.47. The predicted octanol–water partition coefficient (Wildman–Crippen LogP) is 1.43. The van der Waals surface area contributed by atoms with Crippen molar-refractivity contribution in [3.63, 3.8) is 0 Å². The first-order chi connectivity index (χ1) is 9.08. The Morgan fingerprint density at radius 2 is 1.89 bits per heavy atom. The third kappa shape index (κ3) is 5.19. The van der Waals surface area contributed by atoms with Gasteiger partial charge in [0.25, 0.3) is 0 Å². The number of likely N-dealkylation sites (tertiary alicyclic amines) is 1. The summed E-state index contributed by atoms with van der Waals surface area (Å²) < 4.78 is 0. The molecule has 0 aromatic heterocycles. The van der Waals surface area contributed by atoms with E-state index in [0.717, 1.165) is 45.3 Å². The van der Waals surface area contributed by atoms with Gasteiger partial charge in [-0.1, -0.05) is 13.8 Å². The summed E-state index contributed by atoms with van der Waals surface area (Å²) in [6, 6.07) is 0. The molecule has 1 aliphatic rings. The molecule has 5 nitrogen and oxygen atoms in total. The lowest BCUT2D eigenvalue weighted by Gasteiger charge is -2.32. The van der Waals surface area contributed by atoms with E-state index in [1.807, 2.05) is 9.80 Å². The number of carbonyl (C=O) groups is 2. The van der Waals surface area contributed by atoms with Crippen molar-refractivity contribution in [3.8, 4) is 0 Å². The number of piperidine rings is 1. The first kappa shape index (κ1) is 16.0. The molecule has 1 heterocycles. The van der Waals surface area contributed by atoms with E-state index in [2.05, 4.69) is 13.8 Å². The summed E-state index contributed by atoms with van der Waals surface area (Å²) in [6.07, 6.45) is 3.52.